The summed E-state index contributed by atoms with van der Waals surface area (Å²) in [5.41, 5.74) is 6.75. The summed E-state index contributed by atoms with van der Waals surface area (Å²) in [4.78, 5) is 65.9. The number of aromatic amines is 1. The third-order valence-corrected chi connectivity index (χ3v) is 11.3. The van der Waals surface area contributed by atoms with Crippen LogP contribution in [0.15, 0.2) is 64.4 Å². The predicted octanol–water partition coefficient (Wildman–Crippen LogP) is 3.83. The van der Waals surface area contributed by atoms with Gasteiger partial charge in [0.05, 0.1) is 12.6 Å². The number of anilines is 2. The Morgan fingerprint density at radius 1 is 1.06 bits per heavy atom. The summed E-state index contributed by atoms with van der Waals surface area (Å²) in [7, 11) is 1.28. The fraction of sp³-hybridized carbons (Fsp3) is 0.278. The molecule has 1 amide bonds. The van der Waals surface area contributed by atoms with Crippen LogP contribution in [0.5, 0.6) is 0 Å². The monoisotopic (exact) mass is 655 g/mol. The van der Waals surface area contributed by atoms with Crippen LogP contribution in [-0.4, -0.2) is 81.6 Å². The fourth-order valence-corrected chi connectivity index (χ4v) is 9.02. The number of methoxy groups -OCH3 is 1. The van der Waals surface area contributed by atoms with Gasteiger partial charge in [-0.2, -0.15) is 0 Å². The van der Waals surface area contributed by atoms with Gasteiger partial charge in [-0.3, -0.25) is 29.3 Å². The number of nitrogens with zero attached hydrogens (tertiary/aromatic N) is 4. The van der Waals surface area contributed by atoms with Crippen LogP contribution in [-0.2, 0) is 27.2 Å². The highest BCUT2D eigenvalue weighted by Gasteiger charge is 2.69. The van der Waals surface area contributed by atoms with Crippen molar-refractivity contribution in [2.24, 2.45) is 16.3 Å². The molecule has 13 nitrogen and oxygen atoms in total. The first kappa shape index (κ1) is 28.1. The van der Waals surface area contributed by atoms with Gasteiger partial charge in [-0.05, 0) is 78.3 Å². The lowest BCUT2D eigenvalue weighted by Crippen LogP contribution is -2.35. The van der Waals surface area contributed by atoms with Crippen LogP contribution in [0.4, 0.5) is 11.4 Å². The number of likely N-dealkylation sites (tertiary alicyclic amines) is 1. The van der Waals surface area contributed by atoms with Crippen LogP contribution in [0.2, 0.25) is 0 Å². The van der Waals surface area contributed by atoms with Crippen molar-refractivity contribution in [3.63, 3.8) is 0 Å². The minimum absolute atomic E-state index is 0.0549. The second-order valence-electron chi connectivity index (χ2n) is 13.5. The zero-order chi connectivity index (χ0) is 33.5. The molecule has 6 heterocycles. The Kier molecular flexibility index (Phi) is 5.35. The molecule has 6 aliphatic rings. The number of benzene rings is 2. The van der Waals surface area contributed by atoms with E-state index in [2.05, 4.69) is 15.3 Å². The maximum atomic E-state index is 14.8. The molecule has 4 aromatic rings. The largest absolute Gasteiger partial charge is 0.481 e. The maximum Gasteiger partial charge on any atom is 0.352 e. The molecule has 2 aromatic heterocycles. The molecule has 0 bridgehead atoms. The fourth-order valence-electron chi connectivity index (χ4n) is 9.02. The molecule has 13 heteroatoms. The molecule has 2 aromatic carbocycles. The Morgan fingerprint density at radius 3 is 2.73 bits per heavy atom. The van der Waals surface area contributed by atoms with Gasteiger partial charge in [0.15, 0.2) is 0 Å². The third kappa shape index (κ3) is 3.53. The number of hydrogen-bond acceptors (Lipinski definition) is 8. The van der Waals surface area contributed by atoms with Crippen molar-refractivity contribution in [1.82, 2.24) is 14.5 Å². The second kappa shape index (κ2) is 9.34. The van der Waals surface area contributed by atoms with E-state index in [4.69, 9.17) is 10.1 Å². The molecule has 2 aliphatic carbocycles. The highest BCUT2D eigenvalue weighted by atomic mass is 16.5. The van der Waals surface area contributed by atoms with Gasteiger partial charge in [0, 0.05) is 70.9 Å². The van der Waals surface area contributed by atoms with E-state index in [1.54, 1.807) is 23.1 Å². The summed E-state index contributed by atoms with van der Waals surface area (Å²) >= 11 is 0. The minimum Gasteiger partial charge on any atom is -0.481 e. The van der Waals surface area contributed by atoms with Crippen molar-refractivity contribution in [1.29, 1.82) is 5.41 Å². The molecular weight excluding hydrogens is 626 g/mol. The van der Waals surface area contributed by atoms with Gasteiger partial charge in [0.1, 0.15) is 22.8 Å². The Morgan fingerprint density at radius 2 is 1.92 bits per heavy atom. The Labute approximate surface area is 278 Å². The summed E-state index contributed by atoms with van der Waals surface area (Å²) in [6.45, 7) is 1.57. The van der Waals surface area contributed by atoms with E-state index in [9.17, 15) is 24.3 Å². The zero-order valence-corrected chi connectivity index (χ0v) is 26.3. The minimum atomic E-state index is -0.577. The maximum absolute atomic E-state index is 14.8. The number of amidine groups is 1. The van der Waals surface area contributed by atoms with Gasteiger partial charge in [0.2, 0.25) is 5.78 Å². The topological polar surface area (TPSA) is 173 Å². The lowest BCUT2D eigenvalue weighted by molar-refractivity contribution is -0.132. The number of aromatic nitrogens is 2. The molecule has 10 rings (SSSR count). The number of ketones is 1. The molecule has 1 saturated heterocycles. The van der Waals surface area contributed by atoms with E-state index in [1.807, 2.05) is 18.2 Å². The number of amides is 1. The van der Waals surface area contributed by atoms with E-state index >= 15 is 0 Å². The SMILES string of the molecule is COC(=O)C1=NC2=C(C1)[C@]13CC1CN(C(=O)c1cc4c5c(ccc4n1C(=O)c1cc4c6c(ccc4[nH]1)NCC6)N(C(=N)O)CC5)C3=CC2=O. The van der Waals surface area contributed by atoms with Crippen LogP contribution >= 0.6 is 0 Å². The van der Waals surface area contributed by atoms with Crippen LogP contribution < -0.4 is 10.2 Å². The number of aliphatic hydroxyl groups is 1. The van der Waals surface area contributed by atoms with E-state index in [1.165, 1.54) is 22.7 Å². The average molecular weight is 656 g/mol. The smallest absolute Gasteiger partial charge is 0.352 e. The second-order valence-corrected chi connectivity index (χ2v) is 13.5. The van der Waals surface area contributed by atoms with Crippen molar-refractivity contribution in [2.75, 3.05) is 37.0 Å². The van der Waals surface area contributed by atoms with Crippen LogP contribution in [0.1, 0.15) is 44.9 Å². The number of hydrogen-bond donors (Lipinski definition) is 4. The van der Waals surface area contributed by atoms with E-state index < -0.39 is 29.2 Å². The Bertz CT molecular complexity index is 2430. The van der Waals surface area contributed by atoms with Crippen molar-refractivity contribution in [3.8, 4) is 0 Å². The summed E-state index contributed by atoms with van der Waals surface area (Å²) < 4.78 is 6.34. The van der Waals surface area contributed by atoms with Gasteiger partial charge in [-0.1, -0.05) is 0 Å². The quantitative estimate of drug-likeness (QED) is 0.146. The Balaban J connectivity index is 1.09. The number of esters is 1. The molecule has 1 unspecified atom stereocenters. The summed E-state index contributed by atoms with van der Waals surface area (Å²) in [6, 6.07) is 10.5. The third-order valence-electron chi connectivity index (χ3n) is 11.3. The van der Waals surface area contributed by atoms with Crippen LogP contribution in [0, 0.1) is 16.7 Å². The highest BCUT2D eigenvalue weighted by molar-refractivity contribution is 6.39. The van der Waals surface area contributed by atoms with Gasteiger partial charge < -0.3 is 25.0 Å². The zero-order valence-electron chi connectivity index (χ0n) is 26.3. The van der Waals surface area contributed by atoms with Gasteiger partial charge in [0.25, 0.3) is 17.8 Å². The van der Waals surface area contributed by atoms with Crippen molar-refractivity contribution < 1.29 is 29.0 Å². The molecular formula is C36H29N7O6. The highest BCUT2D eigenvalue weighted by Crippen LogP contribution is 2.71. The number of aliphatic imine (C=N–C) groups is 1. The first-order valence-corrected chi connectivity index (χ1v) is 16.3. The molecule has 244 valence electrons. The lowest BCUT2D eigenvalue weighted by atomic mass is 9.82. The van der Waals surface area contributed by atoms with Crippen LogP contribution in [0.25, 0.3) is 21.8 Å². The molecule has 0 radical (unpaired) electrons. The molecule has 2 atom stereocenters. The molecule has 49 heavy (non-hydrogen) atoms. The Hall–Kier alpha value is -5.98. The molecule has 4 aliphatic heterocycles. The molecule has 1 saturated carbocycles. The van der Waals surface area contributed by atoms with E-state index in [0.717, 1.165) is 52.7 Å². The first-order chi connectivity index (χ1) is 23.7. The van der Waals surface area contributed by atoms with Crippen molar-refractivity contribution in [3.05, 3.63) is 82.0 Å². The summed E-state index contributed by atoms with van der Waals surface area (Å²) in [5.74, 6) is -1.69. The number of fused-ring (bicyclic) bond motifs is 6. The predicted molar refractivity (Wildman–Crippen MR) is 179 cm³/mol. The molecule has 1 spiro atoms. The number of aliphatic hydroxyl groups excluding tert-OH is 1. The van der Waals surface area contributed by atoms with E-state index in [-0.39, 0.29) is 35.2 Å². The standard InChI is InChI=1S/C36H29N7O6/c1-49-34(47)25-12-21-31(40-25)29(44)13-30-36(21)14-16(36)15-42(30)33(46)28-11-20-18-7-9-41(35(37)48)26(18)4-5-27(20)43(28)32(45)24-10-19-17-6-8-38-22(17)2-3-23(19)39-24/h2-5,10-11,13,16,38-39H,6-9,12,14-15H2,1H3,(H2,37,48)/t16?,36-/m0/s1. The number of allylic oxidation sites excluding steroid dienone is 2. The lowest BCUT2D eigenvalue weighted by Gasteiger charge is -2.28. The van der Waals surface area contributed by atoms with Crippen molar-refractivity contribution in [2.45, 2.75) is 25.7 Å². The molecule has 4 N–H and O–H groups in total. The number of piperidine rings is 1. The summed E-state index contributed by atoms with van der Waals surface area (Å²) in [6.07, 6.45) is 3.76. The van der Waals surface area contributed by atoms with Gasteiger partial charge in [-0.25, -0.2) is 9.79 Å². The number of carbonyl (C=O) groups is 4. The molecule has 2 fully saturated rings. The van der Waals surface area contributed by atoms with Gasteiger partial charge >= 0.3 is 5.97 Å². The van der Waals surface area contributed by atoms with Crippen LogP contribution in [0.3, 0.4) is 0 Å². The number of carbonyl (C=O) groups excluding carboxylic acids is 4. The number of rotatable bonds is 3. The normalized spacial score (nSPS) is 22.8. The number of H-pyrrole nitrogens is 1. The van der Waals surface area contributed by atoms with E-state index in [0.29, 0.717) is 47.5 Å². The number of ether oxygens (including phenoxy) is 1. The first-order valence-electron chi connectivity index (χ1n) is 16.3. The average Bonchev–Trinajstić information content (AvgIpc) is 3.82. The summed E-state index contributed by atoms with van der Waals surface area (Å²) in [5, 5.41) is 22.9. The van der Waals surface area contributed by atoms with Crippen molar-refractivity contribution >= 4 is 68.5 Å². The number of nitrogens with one attached hydrogen (secondary N) is 3. The van der Waals surface area contributed by atoms with Gasteiger partial charge in [-0.15, -0.1) is 0 Å².